The van der Waals surface area contributed by atoms with Gasteiger partial charge in [0.1, 0.15) is 24.2 Å². The van der Waals surface area contributed by atoms with Crippen LogP contribution in [-0.2, 0) is 6.54 Å². The van der Waals surface area contributed by atoms with E-state index in [1.807, 2.05) is 31.2 Å². The predicted molar refractivity (Wildman–Crippen MR) is 78.6 cm³/mol. The fraction of sp³-hybridized carbons (Fsp3) is 0.357. The van der Waals surface area contributed by atoms with Gasteiger partial charge in [-0.1, -0.05) is 22.0 Å². The molecule has 20 heavy (non-hydrogen) atoms. The second kappa shape index (κ2) is 7.42. The van der Waals surface area contributed by atoms with Crippen molar-refractivity contribution < 1.29 is 14.3 Å². The van der Waals surface area contributed by atoms with Crippen LogP contribution in [0, 0.1) is 6.92 Å². The van der Waals surface area contributed by atoms with Gasteiger partial charge < -0.3 is 19.6 Å². The Morgan fingerprint density at radius 1 is 1.50 bits per heavy atom. The molecule has 108 valence electrons. The second-order valence-corrected chi connectivity index (χ2v) is 5.33. The zero-order valence-corrected chi connectivity index (χ0v) is 12.8. The lowest BCUT2D eigenvalue weighted by Crippen LogP contribution is -2.31. The number of halogens is 1. The van der Waals surface area contributed by atoms with Gasteiger partial charge in [0.15, 0.2) is 0 Å². The molecule has 1 heterocycles. The van der Waals surface area contributed by atoms with E-state index in [0.29, 0.717) is 19.0 Å². The van der Waals surface area contributed by atoms with E-state index in [1.54, 1.807) is 6.20 Å². The Hall–Kier alpha value is -1.37. The van der Waals surface area contributed by atoms with Gasteiger partial charge in [0.05, 0.1) is 12.7 Å². The van der Waals surface area contributed by atoms with Gasteiger partial charge >= 0.3 is 0 Å². The zero-order chi connectivity index (χ0) is 14.4. The van der Waals surface area contributed by atoms with Crippen LogP contribution in [0.1, 0.15) is 11.7 Å². The Morgan fingerprint density at radius 2 is 2.35 bits per heavy atom. The number of benzene rings is 1. The molecule has 0 saturated carbocycles. The molecule has 1 aromatic heterocycles. The van der Waals surface area contributed by atoms with Crippen molar-refractivity contribution in [2.75, 3.05) is 13.2 Å². The summed E-state index contributed by atoms with van der Waals surface area (Å²) < 4.78 is 11.8. The molecule has 0 saturated heterocycles. The molecule has 1 atom stereocenters. The van der Waals surface area contributed by atoms with Gasteiger partial charge in [0, 0.05) is 11.0 Å². The Morgan fingerprint density at radius 3 is 3.05 bits per heavy atom. The molecule has 0 aliphatic carbocycles. The third-order valence-electron chi connectivity index (χ3n) is 2.56. The second-order valence-electron chi connectivity index (χ2n) is 4.42. The highest BCUT2D eigenvalue weighted by molar-refractivity contribution is 9.10. The Bertz CT molecular complexity index is 545. The van der Waals surface area contributed by atoms with E-state index in [1.165, 1.54) is 0 Å². The highest BCUT2D eigenvalue weighted by Gasteiger charge is 2.06. The molecule has 0 spiro atoms. The summed E-state index contributed by atoms with van der Waals surface area (Å²) in [6.07, 6.45) is 1.08. The van der Waals surface area contributed by atoms with Gasteiger partial charge in [0.25, 0.3) is 0 Å². The molecule has 0 fully saturated rings. The number of aryl methyl sites for hydroxylation is 1. The first-order chi connectivity index (χ1) is 9.63. The maximum absolute atomic E-state index is 9.81. The molecule has 6 heteroatoms. The summed E-state index contributed by atoms with van der Waals surface area (Å²) in [5.41, 5.74) is 0. The number of aliphatic hydroxyl groups is 1. The lowest BCUT2D eigenvalue weighted by molar-refractivity contribution is 0.105. The van der Waals surface area contributed by atoms with Gasteiger partial charge in [0.2, 0.25) is 5.89 Å². The summed E-state index contributed by atoms with van der Waals surface area (Å²) in [7, 11) is 0. The average Bonchev–Trinajstić information content (AvgIpc) is 2.82. The first-order valence-corrected chi connectivity index (χ1v) is 7.11. The molecule has 2 N–H and O–H groups in total. The summed E-state index contributed by atoms with van der Waals surface area (Å²) >= 11 is 3.37. The van der Waals surface area contributed by atoms with Crippen LogP contribution in [0.5, 0.6) is 5.75 Å². The first kappa shape index (κ1) is 15.0. The molecular weight excluding hydrogens is 324 g/mol. The summed E-state index contributed by atoms with van der Waals surface area (Å²) in [4.78, 5) is 4.07. The minimum absolute atomic E-state index is 0.230. The van der Waals surface area contributed by atoms with E-state index in [4.69, 9.17) is 9.15 Å². The van der Waals surface area contributed by atoms with E-state index in [0.717, 1.165) is 16.0 Å². The van der Waals surface area contributed by atoms with Crippen molar-refractivity contribution in [3.05, 3.63) is 46.6 Å². The van der Waals surface area contributed by atoms with Gasteiger partial charge in [-0.25, -0.2) is 4.98 Å². The van der Waals surface area contributed by atoms with Crippen LogP contribution in [0.25, 0.3) is 0 Å². The van der Waals surface area contributed by atoms with Crippen molar-refractivity contribution in [2.45, 2.75) is 19.6 Å². The first-order valence-electron chi connectivity index (χ1n) is 6.32. The fourth-order valence-corrected chi connectivity index (χ4v) is 2.02. The van der Waals surface area contributed by atoms with Crippen molar-refractivity contribution >= 4 is 15.9 Å². The summed E-state index contributed by atoms with van der Waals surface area (Å²) in [6.45, 7) is 2.97. The molecule has 1 unspecified atom stereocenters. The number of hydrogen-bond donors (Lipinski definition) is 2. The number of aliphatic hydroxyl groups excluding tert-OH is 1. The monoisotopic (exact) mass is 340 g/mol. The van der Waals surface area contributed by atoms with Crippen molar-refractivity contribution in [2.24, 2.45) is 0 Å². The van der Waals surface area contributed by atoms with Crippen LogP contribution in [0.2, 0.25) is 0 Å². The molecule has 2 aromatic rings. The quantitative estimate of drug-likeness (QED) is 0.809. The molecule has 0 bridgehead atoms. The Balaban J connectivity index is 1.66. The highest BCUT2D eigenvalue weighted by atomic mass is 79.9. The zero-order valence-electron chi connectivity index (χ0n) is 11.2. The molecule has 0 radical (unpaired) electrons. The number of ether oxygens (including phenoxy) is 1. The Labute approximate surface area is 126 Å². The van der Waals surface area contributed by atoms with Crippen LogP contribution in [0.15, 0.2) is 39.4 Å². The molecule has 0 aliphatic rings. The van der Waals surface area contributed by atoms with Crippen LogP contribution in [-0.4, -0.2) is 29.3 Å². The van der Waals surface area contributed by atoms with Crippen molar-refractivity contribution in [1.82, 2.24) is 10.3 Å². The molecular formula is C14H17BrN2O3. The summed E-state index contributed by atoms with van der Waals surface area (Å²) in [6, 6.07) is 7.51. The normalized spacial score (nSPS) is 12.3. The smallest absolute Gasteiger partial charge is 0.208 e. The van der Waals surface area contributed by atoms with Gasteiger partial charge in [-0.3, -0.25) is 0 Å². The van der Waals surface area contributed by atoms with E-state index < -0.39 is 6.10 Å². The lowest BCUT2D eigenvalue weighted by Gasteiger charge is -2.12. The summed E-state index contributed by atoms with van der Waals surface area (Å²) in [5, 5.41) is 12.9. The van der Waals surface area contributed by atoms with Crippen molar-refractivity contribution in [3.63, 3.8) is 0 Å². The maximum atomic E-state index is 9.81. The third kappa shape index (κ3) is 4.96. The largest absolute Gasteiger partial charge is 0.491 e. The van der Waals surface area contributed by atoms with Gasteiger partial charge in [-0.05, 0) is 25.1 Å². The number of rotatable bonds is 7. The van der Waals surface area contributed by atoms with Crippen LogP contribution in [0.3, 0.4) is 0 Å². The summed E-state index contributed by atoms with van der Waals surface area (Å²) in [5.74, 6) is 2.12. The van der Waals surface area contributed by atoms with E-state index >= 15 is 0 Å². The molecule has 2 rings (SSSR count). The number of aromatic nitrogens is 1. The average molecular weight is 341 g/mol. The molecule has 0 aliphatic heterocycles. The number of nitrogens with zero attached hydrogens (tertiary/aromatic N) is 1. The standard InChI is InChI=1S/C14H17BrN2O3/c1-10-6-17-14(20-10)8-16-7-12(18)9-19-13-4-2-3-11(15)5-13/h2-6,12,16,18H,7-9H2,1H3. The number of nitrogens with one attached hydrogen (secondary N) is 1. The highest BCUT2D eigenvalue weighted by Crippen LogP contribution is 2.17. The van der Waals surface area contributed by atoms with Crippen molar-refractivity contribution in [1.29, 1.82) is 0 Å². The van der Waals surface area contributed by atoms with Crippen LogP contribution < -0.4 is 10.1 Å². The number of hydrogen-bond acceptors (Lipinski definition) is 5. The van der Waals surface area contributed by atoms with E-state index in [2.05, 4.69) is 26.2 Å². The fourth-order valence-electron chi connectivity index (χ4n) is 1.64. The topological polar surface area (TPSA) is 67.5 Å². The minimum Gasteiger partial charge on any atom is -0.491 e. The van der Waals surface area contributed by atoms with Crippen LogP contribution in [0.4, 0.5) is 0 Å². The van der Waals surface area contributed by atoms with Gasteiger partial charge in [-0.15, -0.1) is 0 Å². The minimum atomic E-state index is -0.593. The third-order valence-corrected chi connectivity index (χ3v) is 3.06. The number of oxazole rings is 1. The SMILES string of the molecule is Cc1cnc(CNCC(O)COc2cccc(Br)c2)o1. The van der Waals surface area contributed by atoms with E-state index in [-0.39, 0.29) is 6.61 Å². The van der Waals surface area contributed by atoms with Crippen LogP contribution >= 0.6 is 15.9 Å². The lowest BCUT2D eigenvalue weighted by atomic mass is 10.3. The molecule has 5 nitrogen and oxygen atoms in total. The molecule has 0 amide bonds. The van der Waals surface area contributed by atoms with E-state index in [9.17, 15) is 5.11 Å². The van der Waals surface area contributed by atoms with Crippen molar-refractivity contribution in [3.8, 4) is 5.75 Å². The van der Waals surface area contributed by atoms with Gasteiger partial charge in [-0.2, -0.15) is 0 Å². The predicted octanol–water partition coefficient (Wildman–Crippen LogP) is 2.28. The Kier molecular flexibility index (Phi) is 5.58. The molecule has 1 aromatic carbocycles. The maximum Gasteiger partial charge on any atom is 0.208 e.